The molecule has 2 N–H and O–H groups in total. The largest absolute Gasteiger partial charge is 0.332 e. The monoisotopic (exact) mass is 295 g/mol. The average molecular weight is 295 g/mol. The Morgan fingerprint density at radius 2 is 2.00 bits per heavy atom. The Bertz CT molecular complexity index is 604. The van der Waals surface area contributed by atoms with Crippen molar-refractivity contribution in [1.29, 1.82) is 0 Å². The van der Waals surface area contributed by atoms with Gasteiger partial charge in [0.05, 0.1) is 11.9 Å². The van der Waals surface area contributed by atoms with Crippen LogP contribution in [0.3, 0.4) is 0 Å². The molecule has 18 heavy (non-hydrogen) atoms. The molecule has 0 aromatic carbocycles. The molecule has 1 aromatic rings. The number of hydrogen-bond acceptors (Lipinski definition) is 5. The molecule has 7 nitrogen and oxygen atoms in total. The van der Waals surface area contributed by atoms with Crippen LogP contribution in [0.5, 0.6) is 0 Å². The highest BCUT2D eigenvalue weighted by Gasteiger charge is 2.21. The molecule has 1 heterocycles. The molecule has 9 heteroatoms. The molecule has 0 aliphatic heterocycles. The van der Waals surface area contributed by atoms with Crippen molar-refractivity contribution >= 4 is 19.9 Å². The maximum Gasteiger partial charge on any atom is 0.257 e. The van der Waals surface area contributed by atoms with Gasteiger partial charge in [-0.05, 0) is 6.92 Å². The van der Waals surface area contributed by atoms with Gasteiger partial charge in [-0.15, -0.1) is 0 Å². The summed E-state index contributed by atoms with van der Waals surface area (Å²) in [7, 11) is -6.98. The molecule has 1 unspecified atom stereocenters. The molecule has 0 radical (unpaired) electrons. The van der Waals surface area contributed by atoms with Gasteiger partial charge in [0, 0.05) is 18.7 Å². The van der Waals surface area contributed by atoms with Crippen molar-refractivity contribution in [1.82, 2.24) is 14.7 Å². The van der Waals surface area contributed by atoms with Gasteiger partial charge in [0.25, 0.3) is 10.0 Å². The van der Waals surface area contributed by atoms with E-state index < -0.39 is 25.9 Å². The number of aryl methyl sites for hydroxylation is 1. The maximum absolute atomic E-state index is 11.9. The van der Waals surface area contributed by atoms with Crippen molar-refractivity contribution < 1.29 is 16.8 Å². The van der Waals surface area contributed by atoms with E-state index in [1.54, 1.807) is 0 Å². The second kappa shape index (κ2) is 5.37. The zero-order valence-corrected chi connectivity index (χ0v) is 12.1. The van der Waals surface area contributed by atoms with Crippen LogP contribution in [0.2, 0.25) is 0 Å². The van der Waals surface area contributed by atoms with Gasteiger partial charge in [-0.2, -0.15) is 0 Å². The summed E-state index contributed by atoms with van der Waals surface area (Å²) >= 11 is 0. The van der Waals surface area contributed by atoms with Crippen LogP contribution < -0.4 is 4.72 Å². The van der Waals surface area contributed by atoms with E-state index in [-0.39, 0.29) is 10.8 Å². The Hall–Kier alpha value is -0.930. The van der Waals surface area contributed by atoms with E-state index in [4.69, 9.17) is 0 Å². The molecular formula is C9H17N3O4S2. The lowest BCUT2D eigenvalue weighted by Crippen LogP contribution is -2.37. The summed E-state index contributed by atoms with van der Waals surface area (Å²) in [6.07, 6.45) is 2.87. The minimum atomic E-state index is -3.75. The summed E-state index contributed by atoms with van der Waals surface area (Å²) in [6.45, 7) is 3.34. The summed E-state index contributed by atoms with van der Waals surface area (Å²) in [4.78, 5) is 6.55. The topological polar surface area (TPSA) is 109 Å². The van der Waals surface area contributed by atoms with E-state index in [0.717, 1.165) is 6.26 Å². The fourth-order valence-corrected chi connectivity index (χ4v) is 3.76. The van der Waals surface area contributed by atoms with Gasteiger partial charge < -0.3 is 4.98 Å². The number of H-pyrrole nitrogens is 1. The van der Waals surface area contributed by atoms with Crippen LogP contribution >= 0.6 is 0 Å². The zero-order valence-electron chi connectivity index (χ0n) is 10.5. The van der Waals surface area contributed by atoms with Gasteiger partial charge in [0.2, 0.25) is 0 Å². The lowest BCUT2D eigenvalue weighted by atomic mass is 10.4. The van der Waals surface area contributed by atoms with Gasteiger partial charge in [-0.25, -0.2) is 26.5 Å². The highest BCUT2D eigenvalue weighted by molar-refractivity contribution is 7.91. The number of hydrogen-bond donors (Lipinski definition) is 2. The highest BCUT2D eigenvalue weighted by atomic mass is 32.2. The molecule has 104 valence electrons. The molecule has 1 rings (SSSR count). The van der Waals surface area contributed by atoms with E-state index in [1.165, 1.54) is 13.1 Å². The first-order chi connectivity index (χ1) is 8.14. The first-order valence-electron chi connectivity index (χ1n) is 5.38. The molecule has 0 saturated carbocycles. The fourth-order valence-electron chi connectivity index (χ4n) is 1.48. The van der Waals surface area contributed by atoms with Crippen LogP contribution in [0, 0.1) is 0 Å². The summed E-state index contributed by atoms with van der Waals surface area (Å²) in [6, 6.07) is -0.696. The normalized spacial score (nSPS) is 14.6. The van der Waals surface area contributed by atoms with Crippen molar-refractivity contribution in [3.8, 4) is 0 Å². The van der Waals surface area contributed by atoms with E-state index in [9.17, 15) is 16.8 Å². The number of nitrogens with zero attached hydrogens (tertiary/aromatic N) is 1. The van der Waals surface area contributed by atoms with Crippen LogP contribution in [-0.2, 0) is 26.3 Å². The first kappa shape index (κ1) is 15.1. The number of nitrogens with one attached hydrogen (secondary N) is 2. The van der Waals surface area contributed by atoms with Gasteiger partial charge in [0.1, 0.15) is 15.7 Å². The number of rotatable bonds is 6. The Kier molecular flexibility index (Phi) is 4.51. The summed E-state index contributed by atoms with van der Waals surface area (Å²) in [5.74, 6) is 0.312. The van der Waals surface area contributed by atoms with E-state index in [2.05, 4.69) is 14.7 Å². The smallest absolute Gasteiger partial charge is 0.257 e. The number of imidazole rings is 1. The van der Waals surface area contributed by atoms with Crippen LogP contribution in [0.15, 0.2) is 11.2 Å². The Balaban J connectivity index is 2.82. The van der Waals surface area contributed by atoms with Crippen LogP contribution in [0.25, 0.3) is 0 Å². The number of aromatic nitrogens is 2. The van der Waals surface area contributed by atoms with Crippen LogP contribution in [0.4, 0.5) is 0 Å². The molecule has 0 aliphatic carbocycles. The molecule has 0 spiro atoms. The molecule has 0 fully saturated rings. The van der Waals surface area contributed by atoms with Gasteiger partial charge in [-0.1, -0.05) is 6.92 Å². The molecule has 1 aromatic heterocycles. The average Bonchev–Trinajstić information content (AvgIpc) is 2.61. The molecular weight excluding hydrogens is 278 g/mol. The van der Waals surface area contributed by atoms with Crippen molar-refractivity contribution in [3.05, 3.63) is 12.0 Å². The number of sulfonamides is 1. The number of aromatic amines is 1. The maximum atomic E-state index is 11.9. The Labute approximate surface area is 107 Å². The standard InChI is InChI=1S/C9H17N3O4S2/c1-4-8-10-5-9(11-8)18(15,16)12-7(2)6-17(3,13)14/h5,7,12H,4,6H2,1-3H3,(H,10,11). The SMILES string of the molecule is CCc1ncc(S(=O)(=O)NC(C)CS(C)(=O)=O)[nH]1. The van der Waals surface area contributed by atoms with Crippen molar-refractivity contribution in [2.24, 2.45) is 0 Å². The minimum Gasteiger partial charge on any atom is -0.332 e. The molecule has 0 bridgehead atoms. The Morgan fingerprint density at radius 1 is 1.39 bits per heavy atom. The lowest BCUT2D eigenvalue weighted by Gasteiger charge is -2.11. The van der Waals surface area contributed by atoms with E-state index in [0.29, 0.717) is 12.2 Å². The molecule has 0 aliphatic rings. The molecule has 0 saturated heterocycles. The second-order valence-corrected chi connectivity index (χ2v) is 8.03. The summed E-state index contributed by atoms with van der Waals surface area (Å²) < 4.78 is 48.2. The predicted molar refractivity (Wildman–Crippen MR) is 67.5 cm³/mol. The van der Waals surface area contributed by atoms with Crippen molar-refractivity contribution in [2.75, 3.05) is 12.0 Å². The highest BCUT2D eigenvalue weighted by Crippen LogP contribution is 2.07. The van der Waals surface area contributed by atoms with E-state index >= 15 is 0 Å². The third-order valence-corrected chi connectivity index (χ3v) is 4.74. The first-order valence-corrected chi connectivity index (χ1v) is 8.92. The van der Waals surface area contributed by atoms with Gasteiger partial charge in [0.15, 0.2) is 5.03 Å². The summed E-state index contributed by atoms with van der Waals surface area (Å²) in [5, 5.41) is -0.0558. The van der Waals surface area contributed by atoms with Crippen molar-refractivity contribution in [2.45, 2.75) is 31.3 Å². The summed E-state index contributed by atoms with van der Waals surface area (Å²) in [5.41, 5.74) is 0. The van der Waals surface area contributed by atoms with E-state index in [1.807, 2.05) is 6.92 Å². The molecule has 0 amide bonds. The Morgan fingerprint density at radius 3 is 2.44 bits per heavy atom. The quantitative estimate of drug-likeness (QED) is 0.748. The van der Waals surface area contributed by atoms with Crippen LogP contribution in [-0.4, -0.2) is 44.9 Å². The number of sulfone groups is 1. The minimum absolute atomic E-state index is 0.0558. The molecule has 1 atom stereocenters. The fraction of sp³-hybridized carbons (Fsp3) is 0.667. The van der Waals surface area contributed by atoms with Crippen LogP contribution in [0.1, 0.15) is 19.7 Å². The van der Waals surface area contributed by atoms with Gasteiger partial charge >= 0.3 is 0 Å². The lowest BCUT2D eigenvalue weighted by molar-refractivity contribution is 0.561. The third-order valence-electron chi connectivity index (χ3n) is 2.14. The van der Waals surface area contributed by atoms with Crippen molar-refractivity contribution in [3.63, 3.8) is 0 Å². The predicted octanol–water partition coefficient (Wildman–Crippen LogP) is -0.316. The third kappa shape index (κ3) is 4.39. The second-order valence-electron chi connectivity index (χ2n) is 4.16. The zero-order chi connectivity index (χ0) is 14.0. The van der Waals surface area contributed by atoms with Gasteiger partial charge in [-0.3, -0.25) is 0 Å².